The Bertz CT molecular complexity index is 356. The third-order valence-corrected chi connectivity index (χ3v) is 1.97. The summed E-state index contributed by atoms with van der Waals surface area (Å²) in [6, 6.07) is 5.74. The van der Waals surface area contributed by atoms with Crippen molar-refractivity contribution in [3.05, 3.63) is 34.9 Å². The van der Waals surface area contributed by atoms with Crippen LogP contribution in [-0.2, 0) is 0 Å². The van der Waals surface area contributed by atoms with Gasteiger partial charge in [-0.15, -0.1) is 0 Å². The molecular formula is C9H7ClN2. The summed E-state index contributed by atoms with van der Waals surface area (Å²) < 4.78 is 0. The topological polar surface area (TPSA) is 24.4 Å². The molecule has 60 valence electrons. The van der Waals surface area contributed by atoms with Crippen LogP contribution in [0.25, 0.3) is 6.08 Å². The maximum atomic E-state index is 5.94. The number of hydrogen-bond donors (Lipinski definition) is 1. The van der Waals surface area contributed by atoms with Crippen LogP contribution in [0.4, 0.5) is 5.69 Å². The molecular weight excluding hydrogens is 172 g/mol. The highest BCUT2D eigenvalue weighted by molar-refractivity contribution is 6.33. The number of hydrogen-bond acceptors (Lipinski definition) is 2. The summed E-state index contributed by atoms with van der Waals surface area (Å²) in [6.07, 6.45) is 5.52. The molecule has 0 aliphatic carbocycles. The monoisotopic (exact) mass is 178 g/mol. The van der Waals surface area contributed by atoms with E-state index in [0.29, 0.717) is 5.02 Å². The summed E-state index contributed by atoms with van der Waals surface area (Å²) in [4.78, 5) is 0. The fraction of sp³-hybridized carbons (Fsp3) is 0. The van der Waals surface area contributed by atoms with E-state index in [4.69, 9.17) is 11.6 Å². The average Bonchev–Trinajstić information content (AvgIpc) is 2.30. The zero-order valence-electron chi connectivity index (χ0n) is 6.29. The number of allylic oxidation sites excluding steroid dienone is 1. The third kappa shape index (κ3) is 1.21. The minimum atomic E-state index is 0.691. The average molecular weight is 179 g/mol. The molecule has 2 rings (SSSR count). The van der Waals surface area contributed by atoms with Gasteiger partial charge in [0.1, 0.15) is 0 Å². The predicted molar refractivity (Wildman–Crippen MR) is 52.6 cm³/mol. The van der Waals surface area contributed by atoms with Crippen LogP contribution in [0.15, 0.2) is 29.4 Å². The first-order chi connectivity index (χ1) is 5.88. The molecule has 0 spiro atoms. The quantitative estimate of drug-likeness (QED) is 0.649. The molecule has 1 aromatic rings. The van der Waals surface area contributed by atoms with Crippen LogP contribution in [0.1, 0.15) is 5.56 Å². The second-order valence-electron chi connectivity index (χ2n) is 2.45. The molecule has 2 nitrogen and oxygen atoms in total. The molecule has 0 atom stereocenters. The Balaban J connectivity index is 2.59. The summed E-state index contributed by atoms with van der Waals surface area (Å²) in [7, 11) is 0. The van der Waals surface area contributed by atoms with Crippen molar-refractivity contribution in [1.29, 1.82) is 0 Å². The molecule has 0 radical (unpaired) electrons. The van der Waals surface area contributed by atoms with E-state index in [1.54, 1.807) is 6.21 Å². The molecule has 1 aliphatic rings. The van der Waals surface area contributed by atoms with Gasteiger partial charge in [0.05, 0.1) is 10.7 Å². The van der Waals surface area contributed by atoms with Crippen LogP contribution in [0.3, 0.4) is 0 Å². The fourth-order valence-electron chi connectivity index (χ4n) is 1.09. The summed E-state index contributed by atoms with van der Waals surface area (Å²) in [5.41, 5.74) is 4.79. The van der Waals surface area contributed by atoms with Gasteiger partial charge in [-0.2, -0.15) is 5.10 Å². The highest BCUT2D eigenvalue weighted by atomic mass is 35.5. The van der Waals surface area contributed by atoms with Crippen LogP contribution in [0.2, 0.25) is 5.02 Å². The molecule has 1 aliphatic heterocycles. The lowest BCUT2D eigenvalue weighted by atomic mass is 10.2. The lowest BCUT2D eigenvalue weighted by molar-refractivity contribution is 1.35. The van der Waals surface area contributed by atoms with Gasteiger partial charge in [-0.25, -0.2) is 0 Å². The van der Waals surface area contributed by atoms with Crippen molar-refractivity contribution in [2.45, 2.75) is 0 Å². The standard InChI is InChI=1S/C9H7ClN2/c10-8-5-1-3-7-4-2-6-11-12-9(7)8/h1-6,12H. The second kappa shape index (κ2) is 2.99. The van der Waals surface area contributed by atoms with Gasteiger partial charge in [0.25, 0.3) is 0 Å². The molecule has 0 saturated heterocycles. The van der Waals surface area contributed by atoms with Crippen LogP contribution in [-0.4, -0.2) is 6.21 Å². The van der Waals surface area contributed by atoms with E-state index in [0.717, 1.165) is 11.3 Å². The minimum Gasteiger partial charge on any atom is -0.276 e. The molecule has 1 heterocycles. The van der Waals surface area contributed by atoms with Crippen molar-refractivity contribution in [1.82, 2.24) is 0 Å². The zero-order valence-corrected chi connectivity index (χ0v) is 7.05. The normalized spacial score (nSPS) is 13.4. The largest absolute Gasteiger partial charge is 0.276 e. The lowest BCUT2D eigenvalue weighted by Crippen LogP contribution is -1.90. The maximum Gasteiger partial charge on any atom is 0.0820 e. The Morgan fingerprint density at radius 1 is 1.33 bits per heavy atom. The van der Waals surface area contributed by atoms with Crippen LogP contribution in [0.5, 0.6) is 0 Å². The molecule has 12 heavy (non-hydrogen) atoms. The minimum absolute atomic E-state index is 0.691. The van der Waals surface area contributed by atoms with Crippen molar-refractivity contribution in [2.75, 3.05) is 5.43 Å². The van der Waals surface area contributed by atoms with Gasteiger partial charge in [0, 0.05) is 11.8 Å². The van der Waals surface area contributed by atoms with E-state index in [2.05, 4.69) is 10.5 Å². The molecule has 0 aromatic heterocycles. The van der Waals surface area contributed by atoms with Crippen molar-refractivity contribution < 1.29 is 0 Å². The van der Waals surface area contributed by atoms with Gasteiger partial charge in [-0.05, 0) is 12.1 Å². The molecule has 1 aromatic carbocycles. The van der Waals surface area contributed by atoms with Crippen molar-refractivity contribution in [2.24, 2.45) is 5.10 Å². The van der Waals surface area contributed by atoms with E-state index < -0.39 is 0 Å². The third-order valence-electron chi connectivity index (χ3n) is 1.66. The van der Waals surface area contributed by atoms with E-state index >= 15 is 0 Å². The Kier molecular flexibility index (Phi) is 1.84. The van der Waals surface area contributed by atoms with E-state index in [1.165, 1.54) is 0 Å². The first kappa shape index (κ1) is 7.37. The number of fused-ring (bicyclic) bond motifs is 1. The highest BCUT2D eigenvalue weighted by Crippen LogP contribution is 2.27. The van der Waals surface area contributed by atoms with Crippen LogP contribution < -0.4 is 5.43 Å². The predicted octanol–water partition coefficient (Wildman–Crippen LogP) is 2.76. The number of rotatable bonds is 0. The molecule has 1 N–H and O–H groups in total. The number of nitrogens with zero attached hydrogens (tertiary/aromatic N) is 1. The number of halogens is 1. The van der Waals surface area contributed by atoms with E-state index in [9.17, 15) is 0 Å². The smallest absolute Gasteiger partial charge is 0.0820 e. The van der Waals surface area contributed by atoms with Crippen molar-refractivity contribution >= 4 is 29.6 Å². The van der Waals surface area contributed by atoms with E-state index in [1.807, 2.05) is 30.4 Å². The summed E-state index contributed by atoms with van der Waals surface area (Å²) in [5.74, 6) is 0. The highest BCUT2D eigenvalue weighted by Gasteiger charge is 2.03. The number of anilines is 1. The Labute approximate surface area is 75.5 Å². The van der Waals surface area contributed by atoms with Crippen molar-refractivity contribution in [3.8, 4) is 0 Å². The molecule has 0 amide bonds. The van der Waals surface area contributed by atoms with E-state index in [-0.39, 0.29) is 0 Å². The number of para-hydroxylation sites is 1. The fourth-order valence-corrected chi connectivity index (χ4v) is 1.31. The Hall–Kier alpha value is -1.28. The molecule has 0 saturated carbocycles. The van der Waals surface area contributed by atoms with Crippen molar-refractivity contribution in [3.63, 3.8) is 0 Å². The van der Waals surface area contributed by atoms with Gasteiger partial charge in [-0.3, -0.25) is 5.43 Å². The summed E-state index contributed by atoms with van der Waals surface area (Å²) in [6.45, 7) is 0. The maximum absolute atomic E-state index is 5.94. The number of hydrazone groups is 1. The summed E-state index contributed by atoms with van der Waals surface area (Å²) >= 11 is 5.94. The first-order valence-corrected chi connectivity index (χ1v) is 4.00. The molecule has 0 fully saturated rings. The lowest BCUT2D eigenvalue weighted by Gasteiger charge is -2.04. The first-order valence-electron chi connectivity index (χ1n) is 3.62. The molecule has 3 heteroatoms. The van der Waals surface area contributed by atoms with Gasteiger partial charge >= 0.3 is 0 Å². The SMILES string of the molecule is Clc1cccc2c1NN=CC=C2. The Morgan fingerprint density at radius 3 is 3.17 bits per heavy atom. The molecule has 0 bridgehead atoms. The number of nitrogens with one attached hydrogen (secondary N) is 1. The van der Waals surface area contributed by atoms with Gasteiger partial charge in [0.2, 0.25) is 0 Å². The number of benzene rings is 1. The van der Waals surface area contributed by atoms with Crippen LogP contribution >= 0.6 is 11.6 Å². The summed E-state index contributed by atoms with van der Waals surface area (Å²) in [5, 5.41) is 4.62. The molecule has 0 unspecified atom stereocenters. The van der Waals surface area contributed by atoms with Gasteiger partial charge in [-0.1, -0.05) is 29.8 Å². The van der Waals surface area contributed by atoms with Gasteiger partial charge < -0.3 is 0 Å². The zero-order chi connectivity index (χ0) is 8.39. The van der Waals surface area contributed by atoms with Gasteiger partial charge in [0.15, 0.2) is 0 Å². The van der Waals surface area contributed by atoms with Crippen LogP contribution in [0, 0.1) is 0 Å². The second-order valence-corrected chi connectivity index (χ2v) is 2.86. The Morgan fingerprint density at radius 2 is 2.25 bits per heavy atom.